The van der Waals surface area contributed by atoms with Crippen LogP contribution >= 0.6 is 24.0 Å². The van der Waals surface area contributed by atoms with Crippen molar-refractivity contribution in [2.75, 3.05) is 53.5 Å². The zero-order valence-electron chi connectivity index (χ0n) is 19.7. The first kappa shape index (κ1) is 26.2. The lowest BCUT2D eigenvalue weighted by atomic mass is 10.1. The number of nitrogens with zero attached hydrogens (tertiary/aromatic N) is 5. The number of halogens is 1. The maximum absolute atomic E-state index is 5.54. The Kier molecular flexibility index (Phi) is 11.1. The van der Waals surface area contributed by atoms with Gasteiger partial charge < -0.3 is 19.7 Å². The highest BCUT2D eigenvalue weighted by Crippen LogP contribution is 2.25. The molecule has 3 rings (SSSR count). The lowest BCUT2D eigenvalue weighted by Gasteiger charge is -2.36. The number of aromatic nitrogens is 2. The molecule has 178 valence electrons. The Labute approximate surface area is 209 Å². The predicted octanol–water partition coefficient (Wildman–Crippen LogP) is 2.94. The highest BCUT2D eigenvalue weighted by Gasteiger charge is 2.21. The molecule has 8 nitrogen and oxygen atoms in total. The van der Waals surface area contributed by atoms with Gasteiger partial charge in [0.2, 0.25) is 0 Å². The van der Waals surface area contributed by atoms with E-state index >= 15 is 0 Å². The van der Waals surface area contributed by atoms with Crippen LogP contribution in [-0.4, -0.2) is 79.0 Å². The van der Waals surface area contributed by atoms with Crippen LogP contribution < -0.4 is 14.8 Å². The topological polar surface area (TPSA) is 67.2 Å². The first-order chi connectivity index (χ1) is 15.1. The number of aliphatic imine (C=N–C) groups is 1. The van der Waals surface area contributed by atoms with E-state index in [0.29, 0.717) is 5.92 Å². The van der Waals surface area contributed by atoms with Crippen LogP contribution in [-0.2, 0) is 13.1 Å². The van der Waals surface area contributed by atoms with Crippen molar-refractivity contribution in [3.8, 4) is 11.5 Å². The molecular formula is C23H37IN6O2. The molecule has 0 saturated carbocycles. The zero-order valence-corrected chi connectivity index (χ0v) is 22.0. The third kappa shape index (κ3) is 7.54. The van der Waals surface area contributed by atoms with Crippen molar-refractivity contribution in [3.63, 3.8) is 0 Å². The minimum atomic E-state index is 0. The summed E-state index contributed by atoms with van der Waals surface area (Å²) in [6.07, 6.45) is 3.82. The molecule has 1 aromatic carbocycles. The Morgan fingerprint density at radius 1 is 1.19 bits per heavy atom. The molecule has 1 N–H and O–H groups in total. The van der Waals surface area contributed by atoms with E-state index in [0.717, 1.165) is 75.4 Å². The van der Waals surface area contributed by atoms with E-state index in [1.54, 1.807) is 14.2 Å². The summed E-state index contributed by atoms with van der Waals surface area (Å²) in [7, 11) is 3.41. The second-order valence-corrected chi connectivity index (χ2v) is 7.97. The molecule has 1 atom stereocenters. The minimum absolute atomic E-state index is 0. The number of piperazine rings is 1. The Balaban J connectivity index is 0.00000363. The van der Waals surface area contributed by atoms with Gasteiger partial charge in [-0.25, -0.2) is 0 Å². The van der Waals surface area contributed by atoms with Crippen LogP contribution in [0.1, 0.15) is 19.4 Å². The van der Waals surface area contributed by atoms with Crippen molar-refractivity contribution in [3.05, 3.63) is 42.2 Å². The molecule has 0 radical (unpaired) electrons. The summed E-state index contributed by atoms with van der Waals surface area (Å²) in [6.45, 7) is 11.6. The molecule has 1 saturated heterocycles. The predicted molar refractivity (Wildman–Crippen MR) is 139 cm³/mol. The van der Waals surface area contributed by atoms with E-state index in [1.165, 1.54) is 0 Å². The molecule has 1 aromatic heterocycles. The summed E-state index contributed by atoms with van der Waals surface area (Å²) in [5, 5.41) is 7.76. The zero-order chi connectivity index (χ0) is 22.1. The van der Waals surface area contributed by atoms with Gasteiger partial charge in [0.15, 0.2) is 5.96 Å². The fraction of sp³-hybridized carbons (Fsp3) is 0.565. The Bertz CT molecular complexity index is 822. The molecule has 32 heavy (non-hydrogen) atoms. The van der Waals surface area contributed by atoms with Gasteiger partial charge in [0, 0.05) is 70.3 Å². The highest BCUT2D eigenvalue weighted by molar-refractivity contribution is 14.0. The highest BCUT2D eigenvalue weighted by atomic mass is 127. The van der Waals surface area contributed by atoms with Crippen LogP contribution in [0.4, 0.5) is 0 Å². The molecule has 1 unspecified atom stereocenters. The van der Waals surface area contributed by atoms with Gasteiger partial charge in [-0.05, 0) is 37.1 Å². The quantitative estimate of drug-likeness (QED) is 0.291. The summed E-state index contributed by atoms with van der Waals surface area (Å²) in [4.78, 5) is 9.73. The minimum Gasteiger partial charge on any atom is -0.497 e. The van der Waals surface area contributed by atoms with E-state index in [1.807, 2.05) is 35.3 Å². The van der Waals surface area contributed by atoms with E-state index < -0.39 is 0 Å². The molecular weight excluding hydrogens is 519 g/mol. The number of methoxy groups -OCH3 is 2. The van der Waals surface area contributed by atoms with Gasteiger partial charge in [-0.2, -0.15) is 5.10 Å². The van der Waals surface area contributed by atoms with Gasteiger partial charge in [-0.1, -0.05) is 6.92 Å². The van der Waals surface area contributed by atoms with E-state index in [4.69, 9.17) is 14.5 Å². The summed E-state index contributed by atoms with van der Waals surface area (Å²) >= 11 is 0. The monoisotopic (exact) mass is 556 g/mol. The van der Waals surface area contributed by atoms with Gasteiger partial charge >= 0.3 is 0 Å². The Hall–Kier alpha value is -2.01. The molecule has 1 fully saturated rings. The summed E-state index contributed by atoms with van der Waals surface area (Å²) < 4.78 is 12.9. The lowest BCUT2D eigenvalue weighted by Crippen LogP contribution is -2.52. The molecule has 0 aliphatic carbocycles. The fourth-order valence-electron chi connectivity index (χ4n) is 3.82. The molecule has 0 spiro atoms. The van der Waals surface area contributed by atoms with Gasteiger partial charge in [-0.3, -0.25) is 14.6 Å². The van der Waals surface area contributed by atoms with Crippen LogP contribution in [0.25, 0.3) is 0 Å². The lowest BCUT2D eigenvalue weighted by molar-refractivity contribution is 0.170. The second kappa shape index (κ2) is 13.5. The Morgan fingerprint density at radius 2 is 1.97 bits per heavy atom. The third-order valence-corrected chi connectivity index (χ3v) is 5.50. The number of hydrogen-bond donors (Lipinski definition) is 1. The van der Waals surface area contributed by atoms with Crippen molar-refractivity contribution in [1.82, 2.24) is 24.9 Å². The number of rotatable bonds is 9. The van der Waals surface area contributed by atoms with E-state index in [9.17, 15) is 0 Å². The number of hydrogen-bond acceptors (Lipinski definition) is 5. The largest absolute Gasteiger partial charge is 0.497 e. The van der Waals surface area contributed by atoms with Crippen molar-refractivity contribution < 1.29 is 9.47 Å². The molecule has 1 aliphatic rings. The molecule has 9 heteroatoms. The fourth-order valence-corrected chi connectivity index (χ4v) is 3.82. The molecule has 2 aromatic rings. The first-order valence-electron chi connectivity index (χ1n) is 11.1. The van der Waals surface area contributed by atoms with Gasteiger partial charge in [0.1, 0.15) is 11.5 Å². The van der Waals surface area contributed by atoms with E-state index in [2.05, 4.69) is 40.1 Å². The Morgan fingerprint density at radius 3 is 2.59 bits per heavy atom. The average molecular weight is 556 g/mol. The van der Waals surface area contributed by atoms with Crippen LogP contribution in [0.3, 0.4) is 0 Å². The van der Waals surface area contributed by atoms with Crippen LogP contribution in [0, 0.1) is 5.92 Å². The average Bonchev–Trinajstić information content (AvgIpc) is 3.30. The smallest absolute Gasteiger partial charge is 0.194 e. The second-order valence-electron chi connectivity index (χ2n) is 7.97. The van der Waals surface area contributed by atoms with Crippen molar-refractivity contribution in [2.24, 2.45) is 10.9 Å². The van der Waals surface area contributed by atoms with E-state index in [-0.39, 0.29) is 24.0 Å². The van der Waals surface area contributed by atoms with Crippen LogP contribution in [0.15, 0.2) is 41.7 Å². The summed E-state index contributed by atoms with van der Waals surface area (Å²) in [5.74, 6) is 3.20. The standard InChI is InChI=1S/C23H36N6O2.HI/c1-5-24-23(25-16-19(2)17-29-10-6-9-26-29)28-13-11-27(12-14-28)18-20-15-21(30-3)7-8-22(20)31-4;/h6-10,15,19H,5,11-14,16-18H2,1-4H3,(H,24,25);1H. The van der Waals surface area contributed by atoms with Gasteiger partial charge in [-0.15, -0.1) is 24.0 Å². The number of benzene rings is 1. The number of guanidine groups is 1. The summed E-state index contributed by atoms with van der Waals surface area (Å²) in [5.41, 5.74) is 1.16. The van der Waals surface area contributed by atoms with Gasteiger partial charge in [0.05, 0.1) is 14.2 Å². The number of nitrogens with one attached hydrogen (secondary N) is 1. The first-order valence-corrected chi connectivity index (χ1v) is 11.1. The normalized spacial score (nSPS) is 15.8. The van der Waals surface area contributed by atoms with Crippen LogP contribution in [0.2, 0.25) is 0 Å². The molecule has 0 amide bonds. The third-order valence-electron chi connectivity index (χ3n) is 5.50. The summed E-state index contributed by atoms with van der Waals surface area (Å²) in [6, 6.07) is 7.94. The molecule has 1 aliphatic heterocycles. The molecule has 2 heterocycles. The van der Waals surface area contributed by atoms with Crippen molar-refractivity contribution >= 4 is 29.9 Å². The van der Waals surface area contributed by atoms with Gasteiger partial charge in [0.25, 0.3) is 0 Å². The maximum atomic E-state index is 5.54. The number of ether oxygens (including phenoxy) is 2. The van der Waals surface area contributed by atoms with Crippen molar-refractivity contribution in [1.29, 1.82) is 0 Å². The van der Waals surface area contributed by atoms with Crippen molar-refractivity contribution in [2.45, 2.75) is 26.9 Å². The maximum Gasteiger partial charge on any atom is 0.194 e. The SMILES string of the molecule is CCNC(=NCC(C)Cn1cccn1)N1CCN(Cc2cc(OC)ccc2OC)CC1.I. The van der Waals surface area contributed by atoms with Crippen LogP contribution in [0.5, 0.6) is 11.5 Å². The molecule has 0 bridgehead atoms.